The van der Waals surface area contributed by atoms with Gasteiger partial charge in [-0.2, -0.15) is 0 Å². The van der Waals surface area contributed by atoms with Crippen LogP contribution in [0, 0.1) is 17.8 Å². The van der Waals surface area contributed by atoms with Crippen molar-refractivity contribution in [2.24, 2.45) is 17.8 Å². The zero-order chi connectivity index (χ0) is 38.4. The van der Waals surface area contributed by atoms with Crippen LogP contribution in [0.1, 0.15) is 51.2 Å². The number of nitrogens with one attached hydrogen (secondary N) is 1. The maximum Gasteiger partial charge on any atom is 0.313 e. The number of aliphatic hydroxyl groups is 1. The molecule has 3 heterocycles. The number of hydrogen-bond acceptors (Lipinski definition) is 8. The average molecular weight is 815 g/mol. The van der Waals surface area contributed by atoms with Crippen LogP contribution >= 0.6 is 27.5 Å². The van der Waals surface area contributed by atoms with Gasteiger partial charge in [0.25, 0.3) is 5.91 Å². The summed E-state index contributed by atoms with van der Waals surface area (Å²) in [6, 6.07) is 13.2. The fraction of sp³-hybridized carbons (Fsp3) is 0.500. The lowest BCUT2D eigenvalue weighted by Gasteiger charge is -2.40. The number of halogens is 2. The number of alkyl halides is 1. The standard InChI is InChI=1S/C40H49BrClN3O8/c1-6-8-18-31(47)43-29(23-51-5)34(25-14-10-9-11-15-25)52-39(50)32-33-37(48)45(26(22-46)20-24(3)4)36(40(33)21-27(41)35(32)53-40)38(49)44(19-7-2)30-17-13-12-16-28(30)42/h6-7,9-17,24,26-27,29,32-36,46H,1-2,8,18-23H2,3-5H3,(H,43,47)/t26-,27?,29-,32-,33+,34-,35-,36-,40+/m1/s1. The monoisotopic (exact) mass is 813 g/mol. The summed E-state index contributed by atoms with van der Waals surface area (Å²) >= 11 is 10.4. The van der Waals surface area contributed by atoms with Crippen molar-refractivity contribution in [2.45, 2.75) is 80.3 Å². The minimum atomic E-state index is -1.44. The second-order valence-corrected chi connectivity index (χ2v) is 15.9. The van der Waals surface area contributed by atoms with Gasteiger partial charge in [-0.25, -0.2) is 0 Å². The Balaban J connectivity index is 1.57. The second-order valence-electron chi connectivity index (χ2n) is 14.3. The molecule has 53 heavy (non-hydrogen) atoms. The average Bonchev–Trinajstić information content (AvgIpc) is 3.74. The lowest BCUT2D eigenvalue weighted by atomic mass is 9.70. The highest BCUT2D eigenvalue weighted by molar-refractivity contribution is 9.09. The number of ether oxygens (including phenoxy) is 3. The number of methoxy groups -OCH3 is 1. The molecule has 0 radical (unpaired) electrons. The third-order valence-electron chi connectivity index (χ3n) is 10.3. The van der Waals surface area contributed by atoms with Crippen molar-refractivity contribution in [3.8, 4) is 0 Å². The Morgan fingerprint density at radius 2 is 1.85 bits per heavy atom. The molecule has 5 rings (SSSR count). The molecule has 2 N–H and O–H groups in total. The molecule has 13 heteroatoms. The van der Waals surface area contributed by atoms with Gasteiger partial charge in [0.1, 0.15) is 17.7 Å². The molecule has 1 spiro atoms. The van der Waals surface area contributed by atoms with E-state index in [0.717, 1.165) is 0 Å². The smallest absolute Gasteiger partial charge is 0.313 e. The Bertz CT molecular complexity index is 1660. The van der Waals surface area contributed by atoms with E-state index in [-0.39, 0.29) is 37.8 Å². The van der Waals surface area contributed by atoms with E-state index in [4.69, 9.17) is 25.8 Å². The fourth-order valence-electron chi connectivity index (χ4n) is 8.21. The van der Waals surface area contributed by atoms with Crippen molar-refractivity contribution >= 4 is 56.9 Å². The SMILES string of the molecule is C=CCCC(=O)N[C@H](COC)[C@H](OC(=O)[C@H]1[C@@H]2O[C@@]3(CC2Br)[C@@H]1C(=O)N([C@@H](CO)CC(C)C)[C@@H]3C(=O)N(CC=C)c1ccccc1Cl)c1ccccc1. The van der Waals surface area contributed by atoms with Gasteiger partial charge < -0.3 is 34.4 Å². The molecule has 286 valence electrons. The highest BCUT2D eigenvalue weighted by Gasteiger charge is 2.77. The van der Waals surface area contributed by atoms with Crippen molar-refractivity contribution in [2.75, 3.05) is 31.8 Å². The van der Waals surface area contributed by atoms with Crippen LogP contribution in [-0.4, -0.2) is 95.2 Å². The maximum atomic E-state index is 15.0. The van der Waals surface area contributed by atoms with E-state index in [1.54, 1.807) is 60.7 Å². The molecule has 9 atom stereocenters. The van der Waals surface area contributed by atoms with Crippen LogP contribution in [0.2, 0.25) is 5.02 Å². The van der Waals surface area contributed by atoms with Gasteiger partial charge in [-0.3, -0.25) is 19.2 Å². The highest BCUT2D eigenvalue weighted by atomic mass is 79.9. The van der Waals surface area contributed by atoms with E-state index >= 15 is 4.79 Å². The summed E-state index contributed by atoms with van der Waals surface area (Å²) in [4.78, 5) is 60.1. The minimum Gasteiger partial charge on any atom is -0.455 e. The summed E-state index contributed by atoms with van der Waals surface area (Å²) < 4.78 is 18.6. The quantitative estimate of drug-likeness (QED) is 0.116. The number of allylic oxidation sites excluding steroid dienone is 1. The number of fused-ring (bicyclic) bond motifs is 1. The topological polar surface area (TPSA) is 135 Å². The predicted octanol–water partition coefficient (Wildman–Crippen LogP) is 5.40. The van der Waals surface area contributed by atoms with Crippen LogP contribution in [0.3, 0.4) is 0 Å². The molecule has 3 amide bonds. The van der Waals surface area contributed by atoms with Crippen LogP contribution in [0.25, 0.3) is 0 Å². The number of carbonyl (C=O) groups is 4. The molecule has 3 aliphatic heterocycles. The van der Waals surface area contributed by atoms with Crippen molar-refractivity contribution in [1.29, 1.82) is 0 Å². The van der Waals surface area contributed by atoms with Gasteiger partial charge in [0.15, 0.2) is 0 Å². The first-order valence-corrected chi connectivity index (χ1v) is 19.3. The summed E-state index contributed by atoms with van der Waals surface area (Å²) in [7, 11) is 1.49. The first-order valence-electron chi connectivity index (χ1n) is 18.0. The van der Waals surface area contributed by atoms with Crippen LogP contribution in [-0.2, 0) is 33.4 Å². The van der Waals surface area contributed by atoms with Gasteiger partial charge in [0, 0.05) is 24.9 Å². The molecule has 11 nitrogen and oxygen atoms in total. The Morgan fingerprint density at radius 3 is 2.47 bits per heavy atom. The number of carbonyl (C=O) groups excluding carboxylic acids is 4. The third kappa shape index (κ3) is 8.12. The van der Waals surface area contributed by atoms with Crippen LogP contribution in [0.5, 0.6) is 0 Å². The fourth-order valence-corrected chi connectivity index (χ4v) is 9.39. The molecule has 2 aromatic carbocycles. The minimum absolute atomic E-state index is 0.0313. The van der Waals surface area contributed by atoms with Gasteiger partial charge >= 0.3 is 5.97 Å². The number of rotatable bonds is 18. The number of esters is 1. The first kappa shape index (κ1) is 40.6. The molecule has 3 fully saturated rings. The number of hydrogen-bond donors (Lipinski definition) is 2. The lowest BCUT2D eigenvalue weighted by Crippen LogP contribution is -2.59. The van der Waals surface area contributed by atoms with Crippen LogP contribution in [0.15, 0.2) is 79.9 Å². The molecule has 2 bridgehead atoms. The molecule has 0 aliphatic carbocycles. The van der Waals surface area contributed by atoms with Gasteiger partial charge in [-0.15, -0.1) is 13.2 Å². The number of anilines is 1. The van der Waals surface area contributed by atoms with E-state index in [9.17, 15) is 19.5 Å². The lowest BCUT2D eigenvalue weighted by molar-refractivity contribution is -0.163. The van der Waals surface area contributed by atoms with Crippen molar-refractivity contribution in [1.82, 2.24) is 10.2 Å². The highest BCUT2D eigenvalue weighted by Crippen LogP contribution is 2.61. The number of para-hydroxylation sites is 1. The normalized spacial score (nSPS) is 26.1. The number of nitrogens with zero attached hydrogens (tertiary/aromatic N) is 2. The summed E-state index contributed by atoms with van der Waals surface area (Å²) in [5.74, 6) is -4.05. The molecule has 0 aromatic heterocycles. The maximum absolute atomic E-state index is 15.0. The number of benzene rings is 2. The molecule has 3 aliphatic rings. The molecule has 0 saturated carbocycles. The van der Waals surface area contributed by atoms with Gasteiger partial charge in [-0.05, 0) is 42.9 Å². The zero-order valence-electron chi connectivity index (χ0n) is 30.4. The van der Waals surface area contributed by atoms with Crippen molar-refractivity contribution < 1.29 is 38.5 Å². The Labute approximate surface area is 324 Å². The van der Waals surface area contributed by atoms with E-state index in [0.29, 0.717) is 29.1 Å². The van der Waals surface area contributed by atoms with Crippen molar-refractivity contribution in [3.05, 3.63) is 90.5 Å². The van der Waals surface area contributed by atoms with E-state index in [1.165, 1.54) is 16.9 Å². The summed E-state index contributed by atoms with van der Waals surface area (Å²) in [5.41, 5.74) is -0.389. The van der Waals surface area contributed by atoms with Crippen LogP contribution in [0.4, 0.5) is 5.69 Å². The summed E-state index contributed by atoms with van der Waals surface area (Å²) in [6.07, 6.45) is 2.73. The first-order chi connectivity index (χ1) is 25.4. The largest absolute Gasteiger partial charge is 0.455 e. The molecule has 2 aromatic rings. The third-order valence-corrected chi connectivity index (χ3v) is 11.5. The summed E-state index contributed by atoms with van der Waals surface area (Å²) in [6.45, 7) is 11.2. The number of amides is 3. The van der Waals surface area contributed by atoms with Gasteiger partial charge in [-0.1, -0.05) is 96.0 Å². The van der Waals surface area contributed by atoms with Gasteiger partial charge in [0.2, 0.25) is 11.8 Å². The molecule has 3 saturated heterocycles. The second kappa shape index (κ2) is 17.7. The number of aliphatic hydroxyl groups excluding tert-OH is 1. The predicted molar refractivity (Wildman–Crippen MR) is 205 cm³/mol. The summed E-state index contributed by atoms with van der Waals surface area (Å²) in [5, 5.41) is 14.0. The van der Waals surface area contributed by atoms with Crippen molar-refractivity contribution in [3.63, 3.8) is 0 Å². The molecule has 1 unspecified atom stereocenters. The van der Waals surface area contributed by atoms with E-state index < -0.39 is 77.0 Å². The molecular weight excluding hydrogens is 766 g/mol. The van der Waals surface area contributed by atoms with Gasteiger partial charge in [0.05, 0.1) is 53.9 Å². The zero-order valence-corrected chi connectivity index (χ0v) is 32.7. The Hall–Kier alpha value is -3.55. The van der Waals surface area contributed by atoms with E-state index in [2.05, 4.69) is 34.4 Å². The van der Waals surface area contributed by atoms with E-state index in [1.807, 2.05) is 19.9 Å². The molecular formula is C40H49BrClN3O8. The Morgan fingerprint density at radius 1 is 1.15 bits per heavy atom. The number of likely N-dealkylation sites (tertiary alicyclic amines) is 1. The Kier molecular flexibility index (Phi) is 13.6. The van der Waals surface area contributed by atoms with Crippen LogP contribution < -0.4 is 10.2 Å².